The number of rotatable bonds is 25. The quantitative estimate of drug-likeness (QED) is 0.0111. The molecule has 1 aliphatic rings. The summed E-state index contributed by atoms with van der Waals surface area (Å²) in [5.41, 5.74) is 47.3. The van der Waals surface area contributed by atoms with Crippen LogP contribution in [0.3, 0.4) is 0 Å². The molecule has 438 valence electrons. The number of anilines is 9. The van der Waals surface area contributed by atoms with Crippen molar-refractivity contribution in [1.82, 2.24) is 20.9 Å². The molecule has 0 spiro atoms. The normalized spacial score (nSPS) is 12.7. The number of carbonyl (C=O) groups is 2. The molecule has 1 aliphatic carbocycles. The number of amides is 2. The number of benzene rings is 7. The number of aromatic nitrogens is 2. The second-order valence-corrected chi connectivity index (χ2v) is 22.0. The third-order valence-electron chi connectivity index (χ3n) is 15.6. The molecule has 16 heteroatoms. The molecule has 0 fully saturated rings. The Labute approximate surface area is 499 Å². The Morgan fingerprint density at radius 1 is 0.518 bits per heavy atom. The van der Waals surface area contributed by atoms with Gasteiger partial charge in [-0.1, -0.05) is 56.5 Å². The van der Waals surface area contributed by atoms with E-state index in [1.54, 1.807) is 12.1 Å². The zero-order chi connectivity index (χ0) is 60.1. The molecule has 0 unspecified atom stereocenters. The molecule has 85 heavy (non-hydrogen) atoms. The standard InChI is InChI=1S/C69H80N14O2/c1-42-34-61(62(39-56(42)74-6)80-55-26-24-51(70)37-53(55)72)81-60-33-44(3)58(32-46(60)5)76-28-12-8-10-14-30-78-68(84)49-20-16-47(17-21-49)48-18-22-50(23-19-48)69(85)79-31-15-11-9-13-29-77-59-41-67-64(36-45(59)4)82-63-35-43(2)57(75-7)40-66(63)83(67)65-27-25-52(71)38-54(65)73/h16-27,32-41,74,76H,5,8-15,28-31,71,73H2,1-4,6-7H3,(H8,70,72,75,77,78,79,80,82,84,85)/p+1. The van der Waals surface area contributed by atoms with E-state index in [0.29, 0.717) is 47.0 Å². The number of nitrogens with zero attached hydrogens (tertiary/aromatic N) is 3. The van der Waals surface area contributed by atoms with Crippen LogP contribution in [0.2, 0.25) is 0 Å². The van der Waals surface area contributed by atoms with Crippen LogP contribution < -0.4 is 64.7 Å². The molecule has 0 aliphatic heterocycles. The van der Waals surface area contributed by atoms with E-state index in [-0.39, 0.29) is 11.8 Å². The summed E-state index contributed by atoms with van der Waals surface area (Å²) in [6.45, 7) is 15.5. The highest BCUT2D eigenvalue weighted by molar-refractivity contribution is 6.13. The van der Waals surface area contributed by atoms with Gasteiger partial charge in [0.05, 0.1) is 28.5 Å². The minimum absolute atomic E-state index is 0.0896. The third kappa shape index (κ3) is 14.7. The van der Waals surface area contributed by atoms with E-state index in [2.05, 4.69) is 106 Å². The molecule has 0 saturated carbocycles. The van der Waals surface area contributed by atoms with Crippen LogP contribution in [0.15, 0.2) is 162 Å². The fourth-order valence-corrected chi connectivity index (χ4v) is 10.7. The van der Waals surface area contributed by atoms with Gasteiger partial charge < -0.3 is 60.2 Å². The second-order valence-electron chi connectivity index (χ2n) is 22.0. The largest absolute Gasteiger partial charge is 0.399 e. The van der Waals surface area contributed by atoms with Gasteiger partial charge in [-0.05, 0) is 183 Å². The average molecular weight is 1140 g/mol. The van der Waals surface area contributed by atoms with Crippen LogP contribution in [0.5, 0.6) is 0 Å². The number of carbonyl (C=O) groups excluding carboxylic acids is 2. The van der Waals surface area contributed by atoms with Gasteiger partial charge in [-0.3, -0.25) is 9.59 Å². The van der Waals surface area contributed by atoms with Crippen molar-refractivity contribution in [2.75, 3.05) is 84.5 Å². The smallest absolute Gasteiger partial charge is 0.251 e. The van der Waals surface area contributed by atoms with E-state index in [1.807, 2.05) is 106 Å². The van der Waals surface area contributed by atoms with Gasteiger partial charge in [0.25, 0.3) is 11.8 Å². The van der Waals surface area contributed by atoms with Crippen molar-refractivity contribution in [2.24, 2.45) is 4.99 Å². The lowest BCUT2D eigenvalue weighted by molar-refractivity contribution is -0.537. The van der Waals surface area contributed by atoms with Crippen molar-refractivity contribution in [3.8, 4) is 16.8 Å². The van der Waals surface area contributed by atoms with E-state index in [4.69, 9.17) is 32.9 Å². The lowest BCUT2D eigenvalue weighted by Gasteiger charge is -2.19. The summed E-state index contributed by atoms with van der Waals surface area (Å²) in [7, 11) is 3.82. The van der Waals surface area contributed by atoms with E-state index in [0.717, 1.165) is 177 Å². The second kappa shape index (κ2) is 27.5. The highest BCUT2D eigenvalue weighted by Gasteiger charge is 2.25. The molecular weight excluding hydrogens is 1060 g/mol. The van der Waals surface area contributed by atoms with E-state index < -0.39 is 0 Å². The number of nitrogens with two attached hydrogens (primary N) is 4. The van der Waals surface area contributed by atoms with Crippen LogP contribution in [0.25, 0.3) is 38.9 Å². The lowest BCUT2D eigenvalue weighted by atomic mass is 9.98. The number of aliphatic imine (C=N–C) groups is 1. The lowest BCUT2D eigenvalue weighted by Crippen LogP contribution is -2.34. The summed E-state index contributed by atoms with van der Waals surface area (Å²) in [6, 6.07) is 38.9. The predicted octanol–water partition coefficient (Wildman–Crippen LogP) is 12.9. The Kier molecular flexibility index (Phi) is 19.3. The summed E-state index contributed by atoms with van der Waals surface area (Å²) in [5, 5.41) is 23.5. The Balaban J connectivity index is 0.657. The molecule has 9 rings (SSSR count). The van der Waals surface area contributed by atoms with Gasteiger partial charge in [0.1, 0.15) is 16.7 Å². The van der Waals surface area contributed by atoms with Gasteiger partial charge in [-0.25, -0.2) is 9.98 Å². The monoisotopic (exact) mass is 1140 g/mol. The van der Waals surface area contributed by atoms with Gasteiger partial charge in [0, 0.05) is 104 Å². The maximum absolute atomic E-state index is 13.1. The van der Waals surface area contributed by atoms with Gasteiger partial charge in [0.2, 0.25) is 16.7 Å². The number of allylic oxidation sites excluding steroid dienone is 4. The molecule has 7 aromatic carbocycles. The molecule has 8 aromatic rings. The topological polar surface area (TPSA) is 252 Å². The number of aryl methyl sites for hydroxylation is 3. The van der Waals surface area contributed by atoms with E-state index >= 15 is 0 Å². The summed E-state index contributed by atoms with van der Waals surface area (Å²) >= 11 is 0. The maximum Gasteiger partial charge on any atom is 0.251 e. The first-order chi connectivity index (χ1) is 41.1. The molecule has 0 bridgehead atoms. The summed E-state index contributed by atoms with van der Waals surface area (Å²) < 4.78 is 2.18. The number of unbranched alkanes of at least 4 members (excludes halogenated alkanes) is 6. The van der Waals surface area contributed by atoms with Crippen LogP contribution in [0, 0.1) is 20.8 Å². The Hall–Kier alpha value is -9.83. The van der Waals surface area contributed by atoms with Gasteiger partial charge in [-0.2, -0.15) is 0 Å². The minimum Gasteiger partial charge on any atom is -0.399 e. The number of fused-ring (bicyclic) bond motifs is 2. The van der Waals surface area contributed by atoms with Crippen molar-refractivity contribution < 1.29 is 14.2 Å². The van der Waals surface area contributed by atoms with Crippen molar-refractivity contribution in [2.45, 2.75) is 79.1 Å². The molecule has 1 aromatic heterocycles. The number of hydrogen-bond donors (Lipinski definition) is 11. The SMILES string of the molecule is C=C1C=C(NCCCCCCNC(=O)c2ccc(-c3ccc(C(=O)NCCCCCCNc4cc5c(cc4C)nc4cc(C)c(NC)cc4[n+]5-c4ccc(N)cc4N)cc3)cc2)C(C)=CC1=Nc1cc(C)c(NC)cc1Nc1ccc(N)cc1N. The van der Waals surface area contributed by atoms with Crippen molar-refractivity contribution in [3.63, 3.8) is 0 Å². The highest BCUT2D eigenvalue weighted by Crippen LogP contribution is 2.37. The number of hydrogen-bond acceptors (Lipinski definition) is 13. The van der Waals surface area contributed by atoms with Crippen molar-refractivity contribution in [3.05, 3.63) is 185 Å². The van der Waals surface area contributed by atoms with Crippen LogP contribution in [0.4, 0.5) is 56.9 Å². The fourth-order valence-electron chi connectivity index (χ4n) is 10.7. The van der Waals surface area contributed by atoms with Crippen molar-refractivity contribution in [1.29, 1.82) is 0 Å². The molecule has 0 saturated heterocycles. The molecular formula is C69H81N14O2+. The van der Waals surface area contributed by atoms with Gasteiger partial charge in [0.15, 0.2) is 0 Å². The first kappa shape index (κ1) is 59.8. The van der Waals surface area contributed by atoms with Crippen LogP contribution in [0.1, 0.15) is 95.7 Å². The predicted molar refractivity (Wildman–Crippen MR) is 356 cm³/mol. The number of nitrogen functional groups attached to an aromatic ring is 4. The average Bonchev–Trinajstić information content (AvgIpc) is 3.02. The van der Waals surface area contributed by atoms with Crippen LogP contribution >= 0.6 is 0 Å². The molecule has 1 heterocycles. The minimum atomic E-state index is -0.0899. The molecule has 2 amide bonds. The first-order valence-electron chi connectivity index (χ1n) is 29.4. The first-order valence-corrected chi connectivity index (χ1v) is 29.4. The number of nitrogens with one attached hydrogen (secondary N) is 7. The Bertz CT molecular complexity index is 3880. The third-order valence-corrected chi connectivity index (χ3v) is 15.6. The highest BCUT2D eigenvalue weighted by atomic mass is 16.2. The molecule has 0 radical (unpaired) electrons. The van der Waals surface area contributed by atoms with Gasteiger partial charge in [-0.15, -0.1) is 4.57 Å². The maximum atomic E-state index is 13.1. The summed E-state index contributed by atoms with van der Waals surface area (Å²) in [4.78, 5) is 36.3. The van der Waals surface area contributed by atoms with Crippen LogP contribution in [-0.4, -0.2) is 62.8 Å². The van der Waals surface area contributed by atoms with Gasteiger partial charge >= 0.3 is 0 Å². The van der Waals surface area contributed by atoms with Crippen LogP contribution in [-0.2, 0) is 0 Å². The summed E-state index contributed by atoms with van der Waals surface area (Å²) in [6.07, 6.45) is 12.0. The van der Waals surface area contributed by atoms with Crippen molar-refractivity contribution >= 4 is 96.5 Å². The van der Waals surface area contributed by atoms with E-state index in [1.165, 1.54) is 0 Å². The molecule has 16 nitrogen and oxygen atoms in total. The zero-order valence-electron chi connectivity index (χ0n) is 49.9. The summed E-state index contributed by atoms with van der Waals surface area (Å²) in [5.74, 6) is -0.180. The zero-order valence-corrected chi connectivity index (χ0v) is 49.9. The fraction of sp³-hybridized carbons (Fsp3) is 0.261. The molecule has 0 atom stereocenters. The van der Waals surface area contributed by atoms with E-state index in [9.17, 15) is 9.59 Å². The Morgan fingerprint density at radius 3 is 1.59 bits per heavy atom. The molecule has 15 N–H and O–H groups in total. The Morgan fingerprint density at radius 2 is 1.02 bits per heavy atom.